The van der Waals surface area contributed by atoms with Gasteiger partial charge < -0.3 is 25.8 Å². The summed E-state index contributed by atoms with van der Waals surface area (Å²) in [7, 11) is 0. The predicted molar refractivity (Wildman–Crippen MR) is 115 cm³/mol. The Kier molecular flexibility index (Phi) is 6.49. The highest BCUT2D eigenvalue weighted by molar-refractivity contribution is 6.36. The van der Waals surface area contributed by atoms with Crippen LogP contribution in [0.3, 0.4) is 0 Å². The van der Waals surface area contributed by atoms with Gasteiger partial charge in [0, 0.05) is 47.1 Å². The fraction of sp³-hybridized carbons (Fsp3) is 0.150. The van der Waals surface area contributed by atoms with Gasteiger partial charge in [-0.1, -0.05) is 29.3 Å². The van der Waals surface area contributed by atoms with Crippen LogP contribution in [0.25, 0.3) is 5.57 Å². The standard InChI is InChI=1S/C20H17Cl2N3O5/c1-10(26)23-13-3-2-4-14(9-13)24-17(27)5-11-6-18(30-20(28)29)25-16-8-12(21)7-15(22)19(11)16/h2-5,7-9,18,25H,6H2,1H3,(H,23,26)(H,24,27)(H,28,29)/b11-5+. The zero-order valence-corrected chi connectivity index (χ0v) is 17.2. The molecule has 2 aromatic rings. The first kappa shape index (κ1) is 21.5. The third-order valence-electron chi connectivity index (χ3n) is 4.10. The highest BCUT2D eigenvalue weighted by Crippen LogP contribution is 2.40. The van der Waals surface area contributed by atoms with Crippen LogP contribution in [0.2, 0.25) is 10.0 Å². The summed E-state index contributed by atoms with van der Waals surface area (Å²) in [6.07, 6.45) is -0.961. The second kappa shape index (κ2) is 9.06. The quantitative estimate of drug-likeness (QED) is 0.393. The van der Waals surface area contributed by atoms with Crippen molar-refractivity contribution in [3.05, 3.63) is 58.1 Å². The van der Waals surface area contributed by atoms with E-state index in [1.165, 1.54) is 19.1 Å². The number of nitrogens with one attached hydrogen (secondary N) is 3. The lowest BCUT2D eigenvalue weighted by molar-refractivity contribution is -0.114. The average Bonchev–Trinajstić information content (AvgIpc) is 2.59. The minimum Gasteiger partial charge on any atom is -0.450 e. The van der Waals surface area contributed by atoms with Crippen molar-refractivity contribution in [3.63, 3.8) is 0 Å². The van der Waals surface area contributed by atoms with Gasteiger partial charge in [0.15, 0.2) is 6.23 Å². The Labute approximate surface area is 181 Å². The highest BCUT2D eigenvalue weighted by atomic mass is 35.5. The summed E-state index contributed by atoms with van der Waals surface area (Å²) in [4.78, 5) is 34.8. The first-order valence-corrected chi connectivity index (χ1v) is 9.51. The Hall–Kier alpha value is -3.23. The molecule has 0 fully saturated rings. The van der Waals surface area contributed by atoms with Gasteiger partial charge in [0.25, 0.3) is 0 Å². The molecule has 10 heteroatoms. The third kappa shape index (κ3) is 5.43. The van der Waals surface area contributed by atoms with Crippen molar-refractivity contribution in [1.29, 1.82) is 0 Å². The summed E-state index contributed by atoms with van der Waals surface area (Å²) >= 11 is 12.4. The number of carboxylic acid groups (broad SMARTS) is 1. The lowest BCUT2D eigenvalue weighted by Crippen LogP contribution is -2.30. The normalized spacial score (nSPS) is 16.2. The maximum atomic E-state index is 12.6. The second-order valence-electron chi connectivity index (χ2n) is 6.45. The van der Waals surface area contributed by atoms with E-state index in [1.54, 1.807) is 30.3 Å². The van der Waals surface area contributed by atoms with Crippen LogP contribution < -0.4 is 16.0 Å². The minimum atomic E-state index is -1.46. The van der Waals surface area contributed by atoms with Crippen molar-refractivity contribution in [2.45, 2.75) is 19.6 Å². The van der Waals surface area contributed by atoms with Crippen molar-refractivity contribution in [3.8, 4) is 0 Å². The van der Waals surface area contributed by atoms with Gasteiger partial charge in [0.05, 0.1) is 5.02 Å². The van der Waals surface area contributed by atoms with E-state index < -0.39 is 18.3 Å². The van der Waals surface area contributed by atoms with E-state index in [9.17, 15) is 14.4 Å². The van der Waals surface area contributed by atoms with Gasteiger partial charge in [-0.05, 0) is 35.9 Å². The zero-order valence-electron chi connectivity index (χ0n) is 15.7. The third-order valence-corrected chi connectivity index (χ3v) is 4.61. The van der Waals surface area contributed by atoms with Crippen LogP contribution >= 0.6 is 23.2 Å². The molecule has 1 aliphatic heterocycles. The van der Waals surface area contributed by atoms with Gasteiger partial charge in [-0.15, -0.1) is 0 Å². The molecular weight excluding hydrogens is 433 g/mol. The van der Waals surface area contributed by atoms with E-state index in [4.69, 9.17) is 33.0 Å². The monoisotopic (exact) mass is 449 g/mol. The molecule has 156 valence electrons. The molecule has 1 atom stereocenters. The predicted octanol–water partition coefficient (Wildman–Crippen LogP) is 4.81. The topological polar surface area (TPSA) is 117 Å². The van der Waals surface area contributed by atoms with E-state index in [0.29, 0.717) is 38.2 Å². The van der Waals surface area contributed by atoms with E-state index in [2.05, 4.69) is 16.0 Å². The molecule has 2 aromatic carbocycles. The van der Waals surface area contributed by atoms with Gasteiger partial charge in [0.2, 0.25) is 11.8 Å². The molecule has 0 bridgehead atoms. The second-order valence-corrected chi connectivity index (χ2v) is 7.30. The maximum absolute atomic E-state index is 12.6. The first-order valence-electron chi connectivity index (χ1n) is 8.76. The molecule has 0 aromatic heterocycles. The van der Waals surface area contributed by atoms with Crippen LogP contribution in [0.15, 0.2) is 42.5 Å². The molecule has 1 unspecified atom stereocenters. The van der Waals surface area contributed by atoms with Crippen molar-refractivity contribution in [2.24, 2.45) is 0 Å². The fourth-order valence-electron chi connectivity index (χ4n) is 3.08. The van der Waals surface area contributed by atoms with Gasteiger partial charge in [-0.25, -0.2) is 4.79 Å². The van der Waals surface area contributed by atoms with Crippen molar-refractivity contribution in [1.82, 2.24) is 0 Å². The number of anilines is 3. The molecule has 8 nitrogen and oxygen atoms in total. The lowest BCUT2D eigenvalue weighted by Gasteiger charge is -2.28. The summed E-state index contributed by atoms with van der Waals surface area (Å²) in [5, 5.41) is 17.8. The molecule has 4 N–H and O–H groups in total. The van der Waals surface area contributed by atoms with E-state index in [0.717, 1.165) is 0 Å². The van der Waals surface area contributed by atoms with E-state index >= 15 is 0 Å². The molecule has 0 aliphatic carbocycles. The Balaban J connectivity index is 1.88. The number of amides is 2. The van der Waals surface area contributed by atoms with Crippen LogP contribution in [-0.2, 0) is 14.3 Å². The van der Waals surface area contributed by atoms with Gasteiger partial charge in [-0.3, -0.25) is 9.59 Å². The highest BCUT2D eigenvalue weighted by Gasteiger charge is 2.27. The van der Waals surface area contributed by atoms with Crippen LogP contribution in [-0.4, -0.2) is 29.3 Å². The lowest BCUT2D eigenvalue weighted by atomic mass is 9.95. The summed E-state index contributed by atoms with van der Waals surface area (Å²) in [6.45, 7) is 1.38. The number of carbonyl (C=O) groups is 3. The number of rotatable bonds is 4. The number of benzene rings is 2. The fourth-order valence-corrected chi connectivity index (χ4v) is 3.69. The number of carbonyl (C=O) groups excluding carboxylic acids is 2. The number of halogens is 2. The molecule has 0 spiro atoms. The average molecular weight is 450 g/mol. The van der Waals surface area contributed by atoms with Crippen LogP contribution in [0.4, 0.5) is 21.9 Å². The van der Waals surface area contributed by atoms with Crippen molar-refractivity contribution >= 4 is 63.8 Å². The van der Waals surface area contributed by atoms with E-state index in [1.807, 2.05) is 0 Å². The summed E-state index contributed by atoms with van der Waals surface area (Å²) in [6, 6.07) is 9.76. The van der Waals surface area contributed by atoms with Gasteiger partial charge >= 0.3 is 6.16 Å². The maximum Gasteiger partial charge on any atom is 0.507 e. The Morgan fingerprint density at radius 3 is 2.53 bits per heavy atom. The molecule has 2 amide bonds. The van der Waals surface area contributed by atoms with Crippen LogP contribution in [0, 0.1) is 0 Å². The Morgan fingerprint density at radius 1 is 1.17 bits per heavy atom. The first-order chi connectivity index (χ1) is 14.2. The largest absolute Gasteiger partial charge is 0.507 e. The molecular formula is C20H17Cl2N3O5. The molecule has 0 saturated carbocycles. The number of hydrogen-bond acceptors (Lipinski definition) is 5. The SMILES string of the molecule is CC(=O)Nc1cccc(NC(=O)/C=C2\CC(OC(=O)O)Nc3cc(Cl)cc(Cl)c32)c1. The van der Waals surface area contributed by atoms with Gasteiger partial charge in [-0.2, -0.15) is 0 Å². The molecule has 30 heavy (non-hydrogen) atoms. The molecule has 1 heterocycles. The summed E-state index contributed by atoms with van der Waals surface area (Å²) in [5.74, 6) is -0.692. The van der Waals surface area contributed by atoms with Crippen molar-refractivity contribution in [2.75, 3.05) is 16.0 Å². The number of ether oxygens (including phenoxy) is 1. The Bertz CT molecular complexity index is 1050. The van der Waals surface area contributed by atoms with Crippen LogP contribution in [0.5, 0.6) is 0 Å². The van der Waals surface area contributed by atoms with E-state index in [-0.39, 0.29) is 12.3 Å². The van der Waals surface area contributed by atoms with Crippen molar-refractivity contribution < 1.29 is 24.2 Å². The van der Waals surface area contributed by atoms with Gasteiger partial charge in [0.1, 0.15) is 0 Å². The molecule has 0 saturated heterocycles. The van der Waals surface area contributed by atoms with Crippen LogP contribution in [0.1, 0.15) is 18.9 Å². The Morgan fingerprint density at radius 2 is 1.87 bits per heavy atom. The molecule has 1 aliphatic rings. The number of hydrogen-bond donors (Lipinski definition) is 4. The number of fused-ring (bicyclic) bond motifs is 1. The molecule has 0 radical (unpaired) electrons. The minimum absolute atomic E-state index is 0.0833. The summed E-state index contributed by atoms with van der Waals surface area (Å²) < 4.78 is 4.82. The smallest absolute Gasteiger partial charge is 0.450 e. The zero-order chi connectivity index (χ0) is 21.8. The summed E-state index contributed by atoms with van der Waals surface area (Å²) in [5.41, 5.74) is 2.47. The molecule has 3 rings (SSSR count).